The maximum Gasteiger partial charge on any atom is 0.337 e. The molecule has 0 aliphatic heterocycles. The highest BCUT2D eigenvalue weighted by Gasteiger charge is 2.20. The van der Waals surface area contributed by atoms with Crippen molar-refractivity contribution in [2.24, 2.45) is 0 Å². The van der Waals surface area contributed by atoms with Crippen LogP contribution in [-0.4, -0.2) is 32.9 Å². The number of ether oxygens (including phenoxy) is 1. The summed E-state index contributed by atoms with van der Waals surface area (Å²) in [5.41, 5.74) is 0.973. The molecule has 2 N–H and O–H groups in total. The third kappa shape index (κ3) is 5.32. The van der Waals surface area contributed by atoms with Gasteiger partial charge in [0.1, 0.15) is 0 Å². The maximum absolute atomic E-state index is 12.7. The Morgan fingerprint density at radius 3 is 2.07 bits per heavy atom. The molecule has 0 radical (unpaired) electrons. The van der Waals surface area contributed by atoms with Crippen molar-refractivity contribution >= 4 is 27.6 Å². The highest BCUT2D eigenvalue weighted by atomic mass is 32.2. The summed E-state index contributed by atoms with van der Waals surface area (Å²) < 4.78 is 32.6. The summed E-state index contributed by atoms with van der Waals surface area (Å²) in [5.74, 6) is -0.866. The van der Waals surface area contributed by atoms with Crippen LogP contribution in [0.25, 0.3) is 0 Å². The molecule has 2 aromatic rings. The van der Waals surface area contributed by atoms with E-state index >= 15 is 0 Å². The second kappa shape index (κ2) is 8.02. The Hall–Kier alpha value is -2.87. The fourth-order valence-electron chi connectivity index (χ4n) is 2.45. The van der Waals surface area contributed by atoms with Gasteiger partial charge in [-0.2, -0.15) is 0 Å². The van der Waals surface area contributed by atoms with Gasteiger partial charge in [0.05, 0.1) is 17.6 Å². The number of carbonyl (C=O) groups is 2. The molecule has 0 heterocycles. The lowest BCUT2D eigenvalue weighted by atomic mass is 10.1. The number of anilines is 1. The minimum absolute atomic E-state index is 0.0232. The molecule has 0 saturated heterocycles. The van der Waals surface area contributed by atoms with Gasteiger partial charge in [-0.25, -0.2) is 13.2 Å². The summed E-state index contributed by atoms with van der Waals surface area (Å²) in [6.45, 7) is 7.25. The molecular weight excluding hydrogens is 380 g/mol. The van der Waals surface area contributed by atoms with E-state index in [1.54, 1.807) is 13.0 Å². The summed E-state index contributed by atoms with van der Waals surface area (Å²) in [7, 11) is -2.70. The topological polar surface area (TPSA) is 102 Å². The first-order chi connectivity index (χ1) is 12.9. The van der Waals surface area contributed by atoms with Crippen LogP contribution in [0.1, 0.15) is 47.1 Å². The smallest absolute Gasteiger partial charge is 0.337 e. The molecule has 0 aromatic heterocycles. The fourth-order valence-corrected chi connectivity index (χ4v) is 3.78. The number of esters is 1. The molecule has 28 heavy (non-hydrogen) atoms. The lowest BCUT2D eigenvalue weighted by Gasteiger charge is -2.20. The number of benzene rings is 2. The van der Waals surface area contributed by atoms with Crippen LogP contribution in [0.5, 0.6) is 0 Å². The van der Waals surface area contributed by atoms with Gasteiger partial charge in [-0.05, 0) is 69.7 Å². The average molecular weight is 404 g/mol. The summed E-state index contributed by atoms with van der Waals surface area (Å²) in [6, 6.07) is 10.4. The van der Waals surface area contributed by atoms with Crippen molar-refractivity contribution in [2.75, 3.05) is 11.8 Å². The van der Waals surface area contributed by atoms with Gasteiger partial charge >= 0.3 is 5.97 Å². The third-order valence-electron chi connectivity index (χ3n) is 3.79. The quantitative estimate of drug-likeness (QED) is 0.746. The molecule has 0 aliphatic carbocycles. The molecule has 0 fully saturated rings. The Labute approximate surface area is 165 Å². The number of methoxy groups -OCH3 is 1. The number of hydrogen-bond acceptors (Lipinski definition) is 5. The van der Waals surface area contributed by atoms with Gasteiger partial charge in [-0.15, -0.1) is 0 Å². The van der Waals surface area contributed by atoms with Crippen LogP contribution < -0.4 is 10.0 Å². The SMILES string of the molecule is COC(=O)c1ccc(C)c(S(=O)(=O)Nc2ccc(C(=O)NC(C)(C)C)cc2)c1. The Morgan fingerprint density at radius 1 is 0.964 bits per heavy atom. The highest BCUT2D eigenvalue weighted by molar-refractivity contribution is 7.92. The van der Waals surface area contributed by atoms with Crippen LogP contribution >= 0.6 is 0 Å². The summed E-state index contributed by atoms with van der Waals surface area (Å²) >= 11 is 0. The van der Waals surface area contributed by atoms with Crippen molar-refractivity contribution < 1.29 is 22.7 Å². The average Bonchev–Trinajstić information content (AvgIpc) is 2.60. The number of rotatable bonds is 5. The minimum atomic E-state index is -3.93. The zero-order chi connectivity index (χ0) is 21.1. The lowest BCUT2D eigenvalue weighted by Crippen LogP contribution is -2.40. The maximum atomic E-state index is 12.7. The van der Waals surface area contributed by atoms with E-state index in [1.807, 2.05) is 20.8 Å². The van der Waals surface area contributed by atoms with Gasteiger partial charge in [0.15, 0.2) is 0 Å². The summed E-state index contributed by atoms with van der Waals surface area (Å²) in [6.07, 6.45) is 0. The first-order valence-corrected chi connectivity index (χ1v) is 10.1. The van der Waals surface area contributed by atoms with Gasteiger partial charge in [-0.3, -0.25) is 9.52 Å². The second-order valence-electron chi connectivity index (χ2n) is 7.36. The zero-order valence-corrected chi connectivity index (χ0v) is 17.3. The van der Waals surface area contributed by atoms with E-state index in [0.717, 1.165) is 0 Å². The van der Waals surface area contributed by atoms with Crippen molar-refractivity contribution in [2.45, 2.75) is 38.1 Å². The monoisotopic (exact) mass is 404 g/mol. The number of nitrogens with one attached hydrogen (secondary N) is 2. The predicted octanol–water partition coefficient (Wildman–Crippen LogP) is 3.11. The van der Waals surface area contributed by atoms with Crippen molar-refractivity contribution in [3.63, 3.8) is 0 Å². The molecule has 8 heteroatoms. The Kier molecular flexibility index (Phi) is 6.14. The second-order valence-corrected chi connectivity index (χ2v) is 9.01. The van der Waals surface area contributed by atoms with E-state index in [4.69, 9.17) is 0 Å². The summed E-state index contributed by atoms with van der Waals surface area (Å²) in [5, 5.41) is 2.84. The molecule has 0 spiro atoms. The highest BCUT2D eigenvalue weighted by Crippen LogP contribution is 2.21. The molecule has 0 atom stereocenters. The molecule has 0 bridgehead atoms. The Morgan fingerprint density at radius 2 is 1.54 bits per heavy atom. The molecular formula is C20H24N2O5S. The summed E-state index contributed by atoms with van der Waals surface area (Å²) in [4.78, 5) is 23.8. The van der Waals surface area contributed by atoms with Crippen LogP contribution in [0.15, 0.2) is 47.4 Å². The van der Waals surface area contributed by atoms with Gasteiger partial charge < -0.3 is 10.1 Å². The van der Waals surface area contributed by atoms with E-state index in [2.05, 4.69) is 14.8 Å². The molecule has 2 rings (SSSR count). The Bertz CT molecular complexity index is 990. The number of sulfonamides is 1. The van der Waals surface area contributed by atoms with Crippen LogP contribution in [0.2, 0.25) is 0 Å². The minimum Gasteiger partial charge on any atom is -0.465 e. The first-order valence-electron chi connectivity index (χ1n) is 8.57. The fraction of sp³-hybridized carbons (Fsp3) is 0.300. The molecule has 150 valence electrons. The van der Waals surface area contributed by atoms with Crippen molar-refractivity contribution in [3.8, 4) is 0 Å². The van der Waals surface area contributed by atoms with E-state index in [9.17, 15) is 18.0 Å². The van der Waals surface area contributed by atoms with E-state index < -0.39 is 16.0 Å². The van der Waals surface area contributed by atoms with Gasteiger partial charge in [0, 0.05) is 16.8 Å². The van der Waals surface area contributed by atoms with Gasteiger partial charge in [0.25, 0.3) is 15.9 Å². The first kappa shape index (κ1) is 21.4. The molecule has 2 aromatic carbocycles. The zero-order valence-electron chi connectivity index (χ0n) is 16.5. The van der Waals surface area contributed by atoms with E-state index in [0.29, 0.717) is 16.8 Å². The molecule has 1 amide bonds. The number of hydrogen-bond donors (Lipinski definition) is 2. The van der Waals surface area contributed by atoms with Crippen molar-refractivity contribution in [3.05, 3.63) is 59.2 Å². The normalized spacial score (nSPS) is 11.6. The van der Waals surface area contributed by atoms with Crippen molar-refractivity contribution in [1.82, 2.24) is 5.32 Å². The standard InChI is InChI=1S/C20H24N2O5S/c1-13-6-7-15(19(24)27-5)12-17(13)28(25,26)22-16-10-8-14(9-11-16)18(23)21-20(2,3)4/h6-12,22H,1-5H3,(H,21,23). The van der Waals surface area contributed by atoms with Gasteiger partial charge in [-0.1, -0.05) is 6.07 Å². The van der Waals surface area contributed by atoms with E-state index in [-0.39, 0.29) is 21.9 Å². The van der Waals surface area contributed by atoms with E-state index in [1.165, 1.54) is 43.5 Å². The number of amides is 1. The molecule has 0 saturated carbocycles. The largest absolute Gasteiger partial charge is 0.465 e. The van der Waals surface area contributed by atoms with Crippen LogP contribution in [0, 0.1) is 6.92 Å². The molecule has 0 aliphatic rings. The van der Waals surface area contributed by atoms with Crippen LogP contribution in [0.3, 0.4) is 0 Å². The molecule has 0 unspecified atom stereocenters. The van der Waals surface area contributed by atoms with Crippen LogP contribution in [0.4, 0.5) is 5.69 Å². The number of carbonyl (C=O) groups excluding carboxylic acids is 2. The predicted molar refractivity (Wildman–Crippen MR) is 107 cm³/mol. The Balaban J connectivity index is 2.25. The van der Waals surface area contributed by atoms with Gasteiger partial charge in [0.2, 0.25) is 0 Å². The van der Waals surface area contributed by atoms with Crippen LogP contribution in [-0.2, 0) is 14.8 Å². The number of aryl methyl sites for hydroxylation is 1. The third-order valence-corrected chi connectivity index (χ3v) is 5.31. The lowest BCUT2D eigenvalue weighted by molar-refractivity contribution is 0.0600. The van der Waals surface area contributed by atoms with Crippen molar-refractivity contribution in [1.29, 1.82) is 0 Å². The molecule has 7 nitrogen and oxygen atoms in total.